The van der Waals surface area contributed by atoms with Crippen molar-refractivity contribution < 1.29 is 19.0 Å². The fourth-order valence-electron chi connectivity index (χ4n) is 3.87. The molecule has 0 bridgehead atoms. The molecule has 0 saturated heterocycles. The number of esters is 1. The van der Waals surface area contributed by atoms with E-state index in [2.05, 4.69) is 4.57 Å². The monoisotopic (exact) mass is 404 g/mol. The van der Waals surface area contributed by atoms with Crippen molar-refractivity contribution in [2.75, 3.05) is 20.8 Å². The van der Waals surface area contributed by atoms with E-state index in [0.717, 1.165) is 27.7 Å². The van der Waals surface area contributed by atoms with Gasteiger partial charge in [0, 0.05) is 18.0 Å². The molecule has 0 radical (unpaired) electrons. The third-order valence-corrected chi connectivity index (χ3v) is 5.26. The highest BCUT2D eigenvalue weighted by atomic mass is 16.5. The number of allylic oxidation sites excluding steroid dienone is 1. The molecule has 2 N–H and O–H groups in total. The molecule has 1 aliphatic heterocycles. The lowest BCUT2D eigenvalue weighted by Crippen LogP contribution is -2.15. The van der Waals surface area contributed by atoms with E-state index in [9.17, 15) is 4.79 Å². The van der Waals surface area contributed by atoms with Gasteiger partial charge in [0.05, 0.1) is 43.3 Å². The minimum Gasteiger partial charge on any atom is -0.493 e. The molecule has 0 spiro atoms. The van der Waals surface area contributed by atoms with Crippen LogP contribution in [0.4, 0.5) is 0 Å². The largest absolute Gasteiger partial charge is 0.493 e. The first-order chi connectivity index (χ1) is 14.6. The van der Waals surface area contributed by atoms with Crippen LogP contribution in [0.1, 0.15) is 18.2 Å². The average Bonchev–Trinajstić information content (AvgIpc) is 3.05. The van der Waals surface area contributed by atoms with Gasteiger partial charge in [-0.2, -0.15) is 0 Å². The SMILES string of the molecule is CCOC(=O)C1=C(N)c2cc3cc(OC)c(OC)cc3n2CC=C1c1ccccc1. The lowest BCUT2D eigenvalue weighted by molar-refractivity contribution is -0.137. The van der Waals surface area contributed by atoms with E-state index >= 15 is 0 Å². The highest BCUT2D eigenvalue weighted by molar-refractivity contribution is 6.13. The Morgan fingerprint density at radius 3 is 2.43 bits per heavy atom. The zero-order valence-electron chi connectivity index (χ0n) is 17.3. The van der Waals surface area contributed by atoms with E-state index < -0.39 is 5.97 Å². The maximum Gasteiger partial charge on any atom is 0.340 e. The summed E-state index contributed by atoms with van der Waals surface area (Å²) in [6.45, 7) is 2.60. The van der Waals surface area contributed by atoms with Gasteiger partial charge in [0.2, 0.25) is 0 Å². The molecule has 1 aromatic heterocycles. The number of fused-ring (bicyclic) bond motifs is 3. The molecule has 3 aromatic rings. The van der Waals surface area contributed by atoms with Crippen LogP contribution in [0.15, 0.2) is 60.2 Å². The van der Waals surface area contributed by atoms with Crippen LogP contribution in [0.3, 0.4) is 0 Å². The van der Waals surface area contributed by atoms with E-state index in [4.69, 9.17) is 19.9 Å². The molecule has 0 atom stereocenters. The number of benzene rings is 2. The molecule has 2 heterocycles. The summed E-state index contributed by atoms with van der Waals surface area (Å²) in [5.74, 6) is 0.842. The normalized spacial score (nSPS) is 13.5. The predicted molar refractivity (Wildman–Crippen MR) is 117 cm³/mol. The Hall–Kier alpha value is -3.67. The third kappa shape index (κ3) is 3.20. The number of rotatable bonds is 5. The van der Waals surface area contributed by atoms with Crippen molar-refractivity contribution in [3.8, 4) is 11.5 Å². The summed E-state index contributed by atoms with van der Waals surface area (Å²) in [5.41, 5.74) is 10.8. The minimum absolute atomic E-state index is 0.273. The molecule has 6 heteroatoms. The van der Waals surface area contributed by atoms with Gasteiger partial charge in [-0.1, -0.05) is 36.4 Å². The Morgan fingerprint density at radius 1 is 1.07 bits per heavy atom. The van der Waals surface area contributed by atoms with Crippen LogP contribution in [0.5, 0.6) is 11.5 Å². The summed E-state index contributed by atoms with van der Waals surface area (Å²) in [5, 5.41) is 0.949. The van der Waals surface area contributed by atoms with Crippen molar-refractivity contribution in [3.63, 3.8) is 0 Å². The zero-order valence-corrected chi connectivity index (χ0v) is 17.3. The van der Waals surface area contributed by atoms with Crippen molar-refractivity contribution >= 4 is 28.1 Å². The van der Waals surface area contributed by atoms with E-state index in [1.54, 1.807) is 21.1 Å². The first-order valence-electron chi connectivity index (χ1n) is 9.77. The second-order valence-corrected chi connectivity index (χ2v) is 6.90. The van der Waals surface area contributed by atoms with E-state index in [0.29, 0.717) is 29.3 Å². The lowest BCUT2D eigenvalue weighted by atomic mass is 9.95. The van der Waals surface area contributed by atoms with Gasteiger partial charge in [-0.3, -0.25) is 0 Å². The number of nitrogens with two attached hydrogens (primary N) is 1. The average molecular weight is 404 g/mol. The second kappa shape index (κ2) is 7.99. The number of hydrogen-bond donors (Lipinski definition) is 1. The molecule has 6 nitrogen and oxygen atoms in total. The fourth-order valence-corrected chi connectivity index (χ4v) is 3.87. The van der Waals surface area contributed by atoms with Gasteiger partial charge < -0.3 is 24.5 Å². The van der Waals surface area contributed by atoms with E-state index in [1.165, 1.54) is 0 Å². The summed E-state index contributed by atoms with van der Waals surface area (Å²) in [4.78, 5) is 12.9. The fraction of sp³-hybridized carbons (Fsp3) is 0.208. The van der Waals surface area contributed by atoms with Crippen LogP contribution in [0.2, 0.25) is 0 Å². The Morgan fingerprint density at radius 2 is 1.77 bits per heavy atom. The van der Waals surface area contributed by atoms with Crippen LogP contribution in [-0.4, -0.2) is 31.4 Å². The predicted octanol–water partition coefficient (Wildman–Crippen LogP) is 3.99. The summed E-state index contributed by atoms with van der Waals surface area (Å²) in [6.07, 6.45) is 2.01. The molecule has 1 aliphatic rings. The first kappa shape index (κ1) is 19.6. The molecule has 30 heavy (non-hydrogen) atoms. The van der Waals surface area contributed by atoms with Gasteiger partial charge in [0.25, 0.3) is 0 Å². The molecule has 0 aliphatic carbocycles. The number of aromatic nitrogens is 1. The second-order valence-electron chi connectivity index (χ2n) is 6.90. The number of carbonyl (C=O) groups is 1. The van der Waals surface area contributed by atoms with E-state index in [-0.39, 0.29) is 6.61 Å². The summed E-state index contributed by atoms with van der Waals surface area (Å²) in [6, 6.07) is 15.5. The summed E-state index contributed by atoms with van der Waals surface area (Å²) < 4.78 is 18.3. The van der Waals surface area contributed by atoms with Crippen molar-refractivity contribution in [1.29, 1.82) is 0 Å². The Balaban J connectivity index is 1.97. The molecule has 0 fully saturated rings. The van der Waals surface area contributed by atoms with Gasteiger partial charge in [-0.25, -0.2) is 4.79 Å². The third-order valence-electron chi connectivity index (χ3n) is 5.26. The highest BCUT2D eigenvalue weighted by Crippen LogP contribution is 2.38. The molecule has 0 saturated carbocycles. The molecule has 2 aromatic carbocycles. The van der Waals surface area contributed by atoms with Crippen LogP contribution in [0, 0.1) is 0 Å². The smallest absolute Gasteiger partial charge is 0.340 e. The van der Waals surface area contributed by atoms with Crippen LogP contribution in [0.25, 0.3) is 22.2 Å². The molecular weight excluding hydrogens is 380 g/mol. The van der Waals surface area contributed by atoms with Crippen molar-refractivity contribution in [3.05, 3.63) is 71.4 Å². The maximum absolute atomic E-state index is 12.9. The molecule has 0 amide bonds. The highest BCUT2D eigenvalue weighted by Gasteiger charge is 2.27. The van der Waals surface area contributed by atoms with Crippen LogP contribution >= 0.6 is 0 Å². The minimum atomic E-state index is -0.432. The summed E-state index contributed by atoms with van der Waals surface area (Å²) in [7, 11) is 3.21. The molecule has 4 rings (SSSR count). The molecule has 154 valence electrons. The van der Waals surface area contributed by atoms with Gasteiger partial charge >= 0.3 is 5.97 Å². The standard InChI is InChI=1S/C24H24N2O4/c1-4-30-24(27)22-17(15-8-6-5-7-9-15)10-11-26-18-14-21(29-3)20(28-2)13-16(18)12-19(26)23(22)25/h5-10,12-14H,4,11,25H2,1-3H3. The van der Waals surface area contributed by atoms with Gasteiger partial charge in [-0.05, 0) is 30.2 Å². The lowest BCUT2D eigenvalue weighted by Gasteiger charge is -2.13. The number of methoxy groups -OCH3 is 2. The maximum atomic E-state index is 12.9. The van der Waals surface area contributed by atoms with E-state index in [1.807, 2.05) is 54.6 Å². The van der Waals surface area contributed by atoms with Crippen molar-refractivity contribution in [2.24, 2.45) is 5.73 Å². The number of carbonyl (C=O) groups excluding carboxylic acids is 1. The van der Waals surface area contributed by atoms with Crippen molar-refractivity contribution in [2.45, 2.75) is 13.5 Å². The van der Waals surface area contributed by atoms with Gasteiger partial charge in [0.1, 0.15) is 0 Å². The molecular formula is C24H24N2O4. The Labute approximate surface area is 175 Å². The quantitative estimate of drug-likeness (QED) is 0.651. The number of nitrogens with zero attached hydrogens (tertiary/aromatic N) is 1. The molecule has 0 unspecified atom stereocenters. The topological polar surface area (TPSA) is 75.7 Å². The van der Waals surface area contributed by atoms with Gasteiger partial charge in [0.15, 0.2) is 11.5 Å². The van der Waals surface area contributed by atoms with Crippen LogP contribution < -0.4 is 15.2 Å². The van der Waals surface area contributed by atoms with Crippen LogP contribution in [-0.2, 0) is 16.1 Å². The first-order valence-corrected chi connectivity index (χ1v) is 9.77. The van der Waals surface area contributed by atoms with Crippen molar-refractivity contribution in [1.82, 2.24) is 4.57 Å². The zero-order chi connectivity index (χ0) is 21.3. The number of hydrogen-bond acceptors (Lipinski definition) is 5. The summed E-state index contributed by atoms with van der Waals surface area (Å²) >= 11 is 0. The Kier molecular flexibility index (Phi) is 5.23. The number of ether oxygens (including phenoxy) is 3. The Bertz CT molecular complexity index is 1170. The van der Waals surface area contributed by atoms with Gasteiger partial charge in [-0.15, -0.1) is 0 Å².